The van der Waals surface area contributed by atoms with Crippen LogP contribution in [0.2, 0.25) is 0 Å². The fourth-order valence-corrected chi connectivity index (χ4v) is 7.28. The van der Waals surface area contributed by atoms with E-state index in [1.54, 1.807) is 24.3 Å². The highest BCUT2D eigenvalue weighted by molar-refractivity contribution is 7.12. The summed E-state index contributed by atoms with van der Waals surface area (Å²) in [7, 11) is 1.99. The summed E-state index contributed by atoms with van der Waals surface area (Å²) in [5.74, 6) is -1.14. The molecule has 3 aliphatic rings. The van der Waals surface area contributed by atoms with Gasteiger partial charge in [-0.15, -0.1) is 22.7 Å². The highest BCUT2D eigenvalue weighted by Crippen LogP contribution is 2.53. The minimum absolute atomic E-state index is 0.00755. The summed E-state index contributed by atoms with van der Waals surface area (Å²) in [5, 5.41) is 15.1. The van der Waals surface area contributed by atoms with Crippen molar-refractivity contribution in [2.45, 2.75) is 52.6 Å². The summed E-state index contributed by atoms with van der Waals surface area (Å²) in [4.78, 5) is 26.9. The topological polar surface area (TPSA) is 85.4 Å². The molecule has 3 aliphatic heterocycles. The van der Waals surface area contributed by atoms with E-state index in [2.05, 4.69) is 0 Å². The molecule has 0 saturated carbocycles. The average molecular weight is 568 g/mol. The van der Waals surface area contributed by atoms with E-state index in [0.29, 0.717) is 27.1 Å². The predicted octanol–water partition coefficient (Wildman–Crippen LogP) is 3.63. The van der Waals surface area contributed by atoms with Gasteiger partial charge in [-0.3, -0.25) is 0 Å². The Bertz CT molecular complexity index is 1010. The van der Waals surface area contributed by atoms with Crippen LogP contribution in [0.3, 0.4) is 0 Å². The molecule has 0 spiro atoms. The summed E-state index contributed by atoms with van der Waals surface area (Å²) in [6.07, 6.45) is 0.653. The van der Waals surface area contributed by atoms with Gasteiger partial charge in [0.15, 0.2) is 6.54 Å². The molecule has 3 saturated heterocycles. The number of hydrogen-bond donors (Lipinski definition) is 1. The number of carbonyl (C=O) groups excluding carboxylic acids is 2. The number of nitrogens with zero attached hydrogens (tertiary/aromatic N) is 1. The lowest BCUT2D eigenvalue weighted by Crippen LogP contribution is -2.64. The smallest absolute Gasteiger partial charge is 0.361 e. The molecule has 2 aromatic heterocycles. The minimum Gasteiger partial charge on any atom is -0.459 e. The lowest BCUT2D eigenvalue weighted by molar-refractivity contribution is -0.949. The van der Waals surface area contributed by atoms with Gasteiger partial charge in [0.2, 0.25) is 9.39 Å². The van der Waals surface area contributed by atoms with Gasteiger partial charge in [-0.1, -0.05) is 46.9 Å². The van der Waals surface area contributed by atoms with Crippen molar-refractivity contribution in [2.75, 3.05) is 20.2 Å². The van der Waals surface area contributed by atoms with E-state index in [9.17, 15) is 14.7 Å². The quantitative estimate of drug-likeness (QED) is 0.238. The second kappa shape index (κ2) is 8.88. The van der Waals surface area contributed by atoms with Crippen LogP contribution in [0.4, 0.5) is 0 Å². The Labute approximate surface area is 219 Å². The Morgan fingerprint density at radius 2 is 1.68 bits per heavy atom. The summed E-state index contributed by atoms with van der Waals surface area (Å²) in [6, 6.07) is 6.97. The van der Waals surface area contributed by atoms with E-state index < -0.39 is 27.4 Å². The number of aliphatic hydroxyl groups is 1. The van der Waals surface area contributed by atoms with Crippen LogP contribution in [0, 0.1) is 0 Å². The third-order valence-electron chi connectivity index (χ3n) is 7.04. The summed E-state index contributed by atoms with van der Waals surface area (Å²) < 4.78 is 15.7. The fourth-order valence-electron chi connectivity index (χ4n) is 5.40. The van der Waals surface area contributed by atoms with E-state index in [4.69, 9.17) is 49.0 Å². The van der Waals surface area contributed by atoms with Gasteiger partial charge in [-0.2, -0.15) is 0 Å². The monoisotopic (exact) mass is 566 g/mol. The van der Waals surface area contributed by atoms with Crippen LogP contribution in [0.1, 0.15) is 22.6 Å². The van der Waals surface area contributed by atoms with Crippen molar-refractivity contribution in [2.24, 2.45) is 0 Å². The van der Waals surface area contributed by atoms with Crippen LogP contribution in [-0.4, -0.2) is 75.9 Å². The lowest BCUT2D eigenvalue weighted by Gasteiger charge is -2.47. The molecule has 0 aliphatic carbocycles. The van der Waals surface area contributed by atoms with Crippen LogP contribution >= 0.6 is 57.5 Å². The van der Waals surface area contributed by atoms with E-state index in [1.807, 2.05) is 17.8 Å². The first-order chi connectivity index (χ1) is 16.0. The number of fused-ring (bicyclic) bond motifs is 5. The number of carbonyl (C=O) groups is 2. The molecule has 0 amide bonds. The van der Waals surface area contributed by atoms with Crippen molar-refractivity contribution < 1.29 is 33.4 Å². The molecule has 5 rings (SSSR count). The Hall–Kier alpha value is -0.910. The summed E-state index contributed by atoms with van der Waals surface area (Å²) >= 11 is 19.7. The molecule has 3 fully saturated rings. The van der Waals surface area contributed by atoms with E-state index in [-0.39, 0.29) is 37.4 Å². The maximum absolute atomic E-state index is 13.4. The van der Waals surface area contributed by atoms with Crippen molar-refractivity contribution in [3.63, 3.8) is 0 Å². The summed E-state index contributed by atoms with van der Waals surface area (Å²) in [6.45, 7) is -0.207. The van der Waals surface area contributed by atoms with Gasteiger partial charge in [0.05, 0.1) is 16.8 Å². The first-order valence-corrected chi connectivity index (χ1v) is 13.7. The number of quaternary nitrogens is 1. The zero-order valence-electron chi connectivity index (χ0n) is 18.1. The first kappa shape index (κ1) is 24.8. The van der Waals surface area contributed by atoms with Crippen LogP contribution < -0.4 is 0 Å². The van der Waals surface area contributed by atoms with Crippen LogP contribution in [-0.2, 0) is 29.4 Å². The number of likely N-dealkylation sites (N-methyl/N-ethyl adjacent to an activating group) is 1. The van der Waals surface area contributed by atoms with Gasteiger partial charge in [-0.25, -0.2) is 9.59 Å². The average Bonchev–Trinajstić information content (AvgIpc) is 3.11. The Balaban J connectivity index is 1.29. The normalized spacial score (nSPS) is 32.2. The van der Waals surface area contributed by atoms with Crippen molar-refractivity contribution in [1.29, 1.82) is 0 Å². The number of morpholine rings is 1. The molecule has 5 heterocycles. The van der Waals surface area contributed by atoms with Crippen molar-refractivity contribution in [3.8, 4) is 0 Å². The highest BCUT2D eigenvalue weighted by Gasteiger charge is 2.72. The molecule has 34 heavy (non-hydrogen) atoms. The number of halogens is 3. The zero-order chi connectivity index (χ0) is 24.3. The van der Waals surface area contributed by atoms with E-state index in [0.717, 1.165) is 0 Å². The molecule has 2 bridgehead atoms. The van der Waals surface area contributed by atoms with Crippen molar-refractivity contribution in [1.82, 2.24) is 0 Å². The van der Waals surface area contributed by atoms with Crippen LogP contribution in [0.15, 0.2) is 35.0 Å². The van der Waals surface area contributed by atoms with Crippen molar-refractivity contribution >= 4 is 69.4 Å². The largest absolute Gasteiger partial charge is 0.459 e. The maximum atomic E-state index is 13.4. The minimum atomic E-state index is -1.85. The van der Waals surface area contributed by atoms with Crippen molar-refractivity contribution in [3.05, 3.63) is 44.8 Å². The number of alkyl halides is 3. The van der Waals surface area contributed by atoms with Gasteiger partial charge in [0.1, 0.15) is 37.0 Å². The number of hydrogen-bond acceptors (Lipinski definition) is 8. The molecular weight excluding hydrogens is 545 g/mol. The fraction of sp³-hybridized carbons (Fsp3) is 0.545. The van der Waals surface area contributed by atoms with Gasteiger partial charge in [-0.05, 0) is 22.9 Å². The molecule has 6 atom stereocenters. The highest BCUT2D eigenvalue weighted by atomic mass is 35.6. The number of rotatable bonds is 7. The molecule has 0 aromatic carbocycles. The lowest BCUT2D eigenvalue weighted by atomic mass is 9.94. The zero-order valence-corrected chi connectivity index (χ0v) is 22.0. The Morgan fingerprint density at radius 3 is 2.15 bits per heavy atom. The number of ether oxygens (including phenoxy) is 3. The third kappa shape index (κ3) is 4.39. The molecule has 184 valence electrons. The van der Waals surface area contributed by atoms with Crippen LogP contribution in [0.5, 0.6) is 0 Å². The van der Waals surface area contributed by atoms with Gasteiger partial charge in [0, 0.05) is 12.8 Å². The van der Waals surface area contributed by atoms with Gasteiger partial charge in [0.25, 0.3) is 0 Å². The maximum Gasteiger partial charge on any atom is 0.361 e. The Morgan fingerprint density at radius 1 is 1.12 bits per heavy atom. The molecule has 12 heteroatoms. The van der Waals surface area contributed by atoms with Crippen LogP contribution in [0.25, 0.3) is 0 Å². The van der Waals surface area contributed by atoms with Gasteiger partial charge >= 0.3 is 11.9 Å². The number of thiophene rings is 2. The number of epoxide rings is 1. The first-order valence-electron chi connectivity index (χ1n) is 10.8. The molecule has 2 aromatic rings. The number of piperidine rings is 1. The molecule has 2 unspecified atom stereocenters. The molecule has 1 N–H and O–H groups in total. The van der Waals surface area contributed by atoms with E-state index in [1.165, 1.54) is 22.7 Å². The van der Waals surface area contributed by atoms with Gasteiger partial charge < -0.3 is 23.8 Å². The molecular formula is C22H23Cl3NO6S2+. The summed E-state index contributed by atoms with van der Waals surface area (Å²) in [5.41, 5.74) is -1.85. The Kier molecular flexibility index (Phi) is 6.47. The second-order valence-corrected chi connectivity index (χ2v) is 13.6. The second-order valence-electron chi connectivity index (χ2n) is 9.14. The predicted molar refractivity (Wildman–Crippen MR) is 129 cm³/mol. The molecule has 7 nitrogen and oxygen atoms in total. The van der Waals surface area contributed by atoms with E-state index >= 15 is 0 Å². The standard InChI is InChI=1S/C22H23Cl3NO6S2/c1-26(10-17(27)30-11-21(23,24)25)13-8-12(9-14(26)19-18(13)32-19)31-20(28)22(29,15-4-2-6-33-15)16-5-3-7-34-16/h2-7,12-14,18-19,29H,8-11H2,1H3/q+1/t12?,13-,14+,18+,19-,26?. The number of esters is 2. The SMILES string of the molecule is C[N+]1(CC(=O)OCC(Cl)(Cl)Cl)[C@@H]2CC(OC(=O)C(O)(c3cccs3)c3cccs3)C[C@H]1[C@H]1O[C@H]12. The molecule has 0 radical (unpaired) electrons. The third-order valence-corrected chi connectivity index (χ3v) is 9.32.